The fourth-order valence-corrected chi connectivity index (χ4v) is 3.78. The Morgan fingerprint density at radius 1 is 1.24 bits per heavy atom. The number of hydrogen-bond donors (Lipinski definition) is 2. The molecule has 0 radical (unpaired) electrons. The van der Waals surface area contributed by atoms with E-state index in [1.807, 2.05) is 0 Å². The van der Waals surface area contributed by atoms with Gasteiger partial charge in [0.25, 0.3) is 0 Å². The summed E-state index contributed by atoms with van der Waals surface area (Å²) in [6.07, 6.45) is 0. The first kappa shape index (κ1) is 19.7. The average molecular weight is 405 g/mol. The molecule has 0 unspecified atom stereocenters. The Labute approximate surface area is 156 Å². The summed E-state index contributed by atoms with van der Waals surface area (Å²) >= 11 is 11.6. The van der Waals surface area contributed by atoms with Crippen LogP contribution in [0, 0.1) is 13.8 Å². The standard InChI is InChI=1S/C15H18Cl2N4O3S/c1-8-14(10(3)21(4)19-8)18-15(22)9(2)20-25(23,24)11-5-6-12(16)13(17)7-11/h5-7,9,20H,1-4H3,(H,18,22)/t9-/m1/s1. The predicted molar refractivity (Wildman–Crippen MR) is 97.6 cm³/mol. The van der Waals surface area contributed by atoms with Gasteiger partial charge in [-0.05, 0) is 39.0 Å². The Morgan fingerprint density at radius 3 is 2.40 bits per heavy atom. The molecule has 0 bridgehead atoms. The van der Waals surface area contributed by atoms with E-state index in [0.717, 1.165) is 5.69 Å². The number of hydrogen-bond acceptors (Lipinski definition) is 4. The Morgan fingerprint density at radius 2 is 1.88 bits per heavy atom. The molecular weight excluding hydrogens is 387 g/mol. The van der Waals surface area contributed by atoms with Crippen LogP contribution in [0.25, 0.3) is 0 Å². The monoisotopic (exact) mass is 404 g/mol. The maximum absolute atomic E-state index is 12.4. The van der Waals surface area contributed by atoms with Crippen LogP contribution < -0.4 is 10.0 Å². The van der Waals surface area contributed by atoms with Crippen molar-refractivity contribution in [1.29, 1.82) is 0 Å². The van der Waals surface area contributed by atoms with Crippen LogP contribution in [0.3, 0.4) is 0 Å². The van der Waals surface area contributed by atoms with Crippen molar-refractivity contribution in [3.63, 3.8) is 0 Å². The molecular formula is C15H18Cl2N4O3S. The molecule has 0 fully saturated rings. The zero-order valence-corrected chi connectivity index (χ0v) is 16.4. The van der Waals surface area contributed by atoms with Gasteiger partial charge in [0.15, 0.2) is 0 Å². The SMILES string of the molecule is Cc1nn(C)c(C)c1NC(=O)[C@@H](C)NS(=O)(=O)c1ccc(Cl)c(Cl)c1. The Hall–Kier alpha value is -1.61. The molecule has 1 atom stereocenters. The van der Waals surface area contributed by atoms with Gasteiger partial charge in [0.1, 0.15) is 0 Å². The molecule has 10 heteroatoms. The van der Waals surface area contributed by atoms with Gasteiger partial charge in [0.2, 0.25) is 15.9 Å². The lowest BCUT2D eigenvalue weighted by Gasteiger charge is -2.15. The summed E-state index contributed by atoms with van der Waals surface area (Å²) in [6, 6.07) is 2.92. The average Bonchev–Trinajstić information content (AvgIpc) is 2.75. The van der Waals surface area contributed by atoms with Crippen molar-refractivity contribution in [3.8, 4) is 0 Å². The van der Waals surface area contributed by atoms with Gasteiger partial charge in [-0.25, -0.2) is 8.42 Å². The Balaban J connectivity index is 2.15. The first-order valence-electron chi connectivity index (χ1n) is 7.31. The number of halogens is 2. The number of rotatable bonds is 5. The Bertz CT molecular complexity index is 925. The van der Waals surface area contributed by atoms with E-state index < -0.39 is 22.0 Å². The van der Waals surface area contributed by atoms with Crippen LogP contribution in [0.4, 0.5) is 5.69 Å². The maximum atomic E-state index is 12.4. The topological polar surface area (TPSA) is 93.1 Å². The second-order valence-electron chi connectivity index (χ2n) is 5.58. The molecule has 2 N–H and O–H groups in total. The van der Waals surface area contributed by atoms with Gasteiger partial charge < -0.3 is 5.32 Å². The van der Waals surface area contributed by atoms with Crippen molar-refractivity contribution in [2.75, 3.05) is 5.32 Å². The van der Waals surface area contributed by atoms with Crippen LogP contribution >= 0.6 is 23.2 Å². The molecule has 0 aliphatic heterocycles. The fourth-order valence-electron chi connectivity index (χ4n) is 2.18. The zero-order valence-electron chi connectivity index (χ0n) is 14.1. The number of aryl methyl sites for hydroxylation is 2. The first-order valence-corrected chi connectivity index (χ1v) is 9.55. The van der Waals surface area contributed by atoms with Crippen molar-refractivity contribution in [1.82, 2.24) is 14.5 Å². The highest BCUT2D eigenvalue weighted by Gasteiger charge is 2.24. The number of sulfonamides is 1. The van der Waals surface area contributed by atoms with Crippen molar-refractivity contribution in [2.45, 2.75) is 31.7 Å². The van der Waals surface area contributed by atoms with Crippen molar-refractivity contribution in [3.05, 3.63) is 39.6 Å². The predicted octanol–water partition coefficient (Wildman–Crippen LogP) is 2.65. The van der Waals surface area contributed by atoms with E-state index in [4.69, 9.17) is 23.2 Å². The molecule has 0 saturated carbocycles. The molecule has 136 valence electrons. The number of carbonyl (C=O) groups excluding carboxylic acids is 1. The number of aromatic nitrogens is 2. The third-order valence-electron chi connectivity index (χ3n) is 3.68. The van der Waals surface area contributed by atoms with E-state index in [2.05, 4.69) is 15.1 Å². The van der Waals surface area contributed by atoms with E-state index in [1.165, 1.54) is 25.1 Å². The van der Waals surface area contributed by atoms with Gasteiger partial charge in [-0.3, -0.25) is 9.48 Å². The zero-order chi connectivity index (χ0) is 18.9. The fraction of sp³-hybridized carbons (Fsp3) is 0.333. The third kappa shape index (κ3) is 4.33. The molecule has 1 aromatic heterocycles. The minimum atomic E-state index is -3.93. The molecule has 0 spiro atoms. The van der Waals surface area contributed by atoms with Crippen molar-refractivity contribution < 1.29 is 13.2 Å². The van der Waals surface area contributed by atoms with Crippen molar-refractivity contribution >= 4 is 44.8 Å². The lowest BCUT2D eigenvalue weighted by atomic mass is 10.2. The van der Waals surface area contributed by atoms with E-state index in [9.17, 15) is 13.2 Å². The minimum absolute atomic E-state index is 0.0738. The third-order valence-corrected chi connectivity index (χ3v) is 5.96. The maximum Gasteiger partial charge on any atom is 0.242 e. The van der Waals surface area contributed by atoms with Gasteiger partial charge >= 0.3 is 0 Å². The normalized spacial score (nSPS) is 12.9. The molecule has 1 amide bonds. The second-order valence-corrected chi connectivity index (χ2v) is 8.11. The molecule has 1 aromatic carbocycles. The number of anilines is 1. The number of nitrogens with zero attached hydrogens (tertiary/aromatic N) is 2. The van der Waals surface area contributed by atoms with Crippen LogP contribution in [0.2, 0.25) is 10.0 Å². The van der Waals surface area contributed by atoms with Gasteiger partial charge in [-0.15, -0.1) is 0 Å². The van der Waals surface area contributed by atoms with Gasteiger partial charge in [0.05, 0.1) is 38.1 Å². The number of nitrogens with one attached hydrogen (secondary N) is 2. The summed E-state index contributed by atoms with van der Waals surface area (Å²) < 4.78 is 28.7. The molecule has 0 saturated heterocycles. The lowest BCUT2D eigenvalue weighted by Crippen LogP contribution is -2.41. The quantitative estimate of drug-likeness (QED) is 0.800. The van der Waals surface area contributed by atoms with E-state index in [-0.39, 0.29) is 14.9 Å². The molecule has 7 nitrogen and oxygen atoms in total. The van der Waals surface area contributed by atoms with Crippen molar-refractivity contribution in [2.24, 2.45) is 7.05 Å². The van der Waals surface area contributed by atoms with Crippen LogP contribution in [-0.2, 0) is 21.9 Å². The number of benzene rings is 1. The molecule has 0 aliphatic carbocycles. The van der Waals surface area contributed by atoms with Crippen LogP contribution in [0.5, 0.6) is 0 Å². The highest BCUT2D eigenvalue weighted by atomic mass is 35.5. The molecule has 1 heterocycles. The van der Waals surface area contributed by atoms with Gasteiger partial charge in [-0.2, -0.15) is 9.82 Å². The summed E-state index contributed by atoms with van der Waals surface area (Å²) in [5.41, 5.74) is 1.98. The minimum Gasteiger partial charge on any atom is -0.322 e. The Kier molecular flexibility index (Phi) is 5.78. The summed E-state index contributed by atoms with van der Waals surface area (Å²) in [4.78, 5) is 12.3. The van der Waals surface area contributed by atoms with E-state index >= 15 is 0 Å². The first-order chi connectivity index (χ1) is 11.5. The highest BCUT2D eigenvalue weighted by Crippen LogP contribution is 2.25. The van der Waals surface area contributed by atoms with Crippen LogP contribution in [0.15, 0.2) is 23.1 Å². The van der Waals surface area contributed by atoms with Crippen LogP contribution in [0.1, 0.15) is 18.3 Å². The van der Waals surface area contributed by atoms with E-state index in [1.54, 1.807) is 25.6 Å². The largest absolute Gasteiger partial charge is 0.322 e. The summed E-state index contributed by atoms with van der Waals surface area (Å²) in [7, 11) is -2.17. The van der Waals surface area contributed by atoms with Gasteiger partial charge in [0, 0.05) is 7.05 Å². The van der Waals surface area contributed by atoms with E-state index in [0.29, 0.717) is 11.4 Å². The number of amides is 1. The molecule has 25 heavy (non-hydrogen) atoms. The van der Waals surface area contributed by atoms with Crippen LogP contribution in [-0.4, -0.2) is 30.1 Å². The molecule has 2 rings (SSSR count). The summed E-state index contributed by atoms with van der Waals surface area (Å²) in [5, 5.41) is 7.25. The molecule has 2 aromatic rings. The highest BCUT2D eigenvalue weighted by molar-refractivity contribution is 7.89. The summed E-state index contributed by atoms with van der Waals surface area (Å²) in [5.74, 6) is -0.497. The number of carbonyl (C=O) groups is 1. The lowest BCUT2D eigenvalue weighted by molar-refractivity contribution is -0.117. The molecule has 0 aliphatic rings. The smallest absolute Gasteiger partial charge is 0.242 e. The second kappa shape index (κ2) is 7.33. The summed E-state index contributed by atoms with van der Waals surface area (Å²) in [6.45, 7) is 5.01. The van der Waals surface area contributed by atoms with Gasteiger partial charge in [-0.1, -0.05) is 23.2 Å².